The number of rotatable bonds is 10. The number of fused-ring (bicyclic) bond motifs is 2. The lowest BCUT2D eigenvalue weighted by atomic mass is 9.86. The van der Waals surface area contributed by atoms with Crippen molar-refractivity contribution in [2.24, 2.45) is 0 Å². The van der Waals surface area contributed by atoms with Crippen molar-refractivity contribution in [3.8, 4) is 11.5 Å². The first-order valence-electron chi connectivity index (χ1n) is 12.2. The largest absolute Gasteiger partial charge is 0.493 e. The second-order valence-corrected chi connectivity index (χ2v) is 11.6. The molecule has 6 heteroatoms. The van der Waals surface area contributed by atoms with Crippen LogP contribution in [-0.4, -0.2) is 32.3 Å². The topological polar surface area (TPSA) is 52.6 Å². The number of hydrogen-bond donors (Lipinski definition) is 0. The Morgan fingerprint density at radius 2 is 1.29 bits per heavy atom. The molecule has 1 aliphatic rings. The first kappa shape index (κ1) is 24.9. The Hall–Kier alpha value is -2.24. The average Bonchev–Trinajstić information content (AvgIpc) is 2.85. The first-order chi connectivity index (χ1) is 16.5. The number of hydrogen-bond acceptors (Lipinski definition) is 4. The minimum Gasteiger partial charge on any atom is -0.493 e. The Morgan fingerprint density at radius 3 is 1.82 bits per heavy atom. The van der Waals surface area contributed by atoms with Crippen LogP contribution in [0.1, 0.15) is 50.7 Å². The highest BCUT2D eigenvalue weighted by atomic mass is 35.5. The van der Waals surface area contributed by atoms with E-state index in [2.05, 4.69) is 19.9 Å². The highest BCUT2D eigenvalue weighted by Crippen LogP contribution is 2.46. The molecule has 3 aromatic carbocycles. The minimum atomic E-state index is -3.61. The van der Waals surface area contributed by atoms with E-state index in [-0.39, 0.29) is 0 Å². The van der Waals surface area contributed by atoms with E-state index in [9.17, 15) is 8.42 Å². The molecular formula is C28H33ClO4S. The van der Waals surface area contributed by atoms with Gasteiger partial charge in [-0.3, -0.25) is 0 Å². The van der Waals surface area contributed by atoms with Crippen LogP contribution in [-0.2, 0) is 22.7 Å². The normalized spacial score (nSPS) is 18.0. The molecule has 0 aliphatic heterocycles. The zero-order valence-electron chi connectivity index (χ0n) is 19.9. The van der Waals surface area contributed by atoms with Crippen LogP contribution in [0.25, 0.3) is 10.8 Å². The lowest BCUT2D eigenvalue weighted by molar-refractivity contribution is 0.299. The number of sulfone groups is 1. The highest BCUT2D eigenvalue weighted by molar-refractivity contribution is 7.92. The van der Waals surface area contributed by atoms with Gasteiger partial charge in [0.2, 0.25) is 0 Å². The maximum atomic E-state index is 13.6. The van der Waals surface area contributed by atoms with E-state index in [4.69, 9.17) is 21.1 Å². The van der Waals surface area contributed by atoms with E-state index in [1.807, 2.05) is 24.3 Å². The van der Waals surface area contributed by atoms with E-state index in [0.29, 0.717) is 31.0 Å². The summed E-state index contributed by atoms with van der Waals surface area (Å²) in [6, 6.07) is 16.7. The lowest BCUT2D eigenvalue weighted by Gasteiger charge is -2.32. The minimum absolute atomic E-state index is 0.303. The third-order valence-electron chi connectivity index (χ3n) is 6.50. The average molecular weight is 501 g/mol. The summed E-state index contributed by atoms with van der Waals surface area (Å²) < 4.78 is 39.8. The number of halogens is 1. The van der Waals surface area contributed by atoms with Crippen molar-refractivity contribution in [1.82, 2.24) is 0 Å². The van der Waals surface area contributed by atoms with Crippen LogP contribution in [0.2, 0.25) is 0 Å². The Bertz CT molecular complexity index is 1220. The molecule has 0 bridgehead atoms. The van der Waals surface area contributed by atoms with E-state index in [1.165, 1.54) is 0 Å². The van der Waals surface area contributed by atoms with Crippen LogP contribution < -0.4 is 9.47 Å². The van der Waals surface area contributed by atoms with Crippen LogP contribution >= 0.6 is 11.6 Å². The van der Waals surface area contributed by atoms with Crippen molar-refractivity contribution in [1.29, 1.82) is 0 Å². The predicted molar refractivity (Wildman–Crippen MR) is 139 cm³/mol. The highest BCUT2D eigenvalue weighted by Gasteiger charge is 2.40. The van der Waals surface area contributed by atoms with Gasteiger partial charge in [-0.15, -0.1) is 11.6 Å². The summed E-state index contributed by atoms with van der Waals surface area (Å²) in [5.41, 5.74) is 1.91. The molecule has 0 aromatic heterocycles. The van der Waals surface area contributed by atoms with E-state index < -0.39 is 20.5 Å². The van der Waals surface area contributed by atoms with Crippen LogP contribution in [0, 0.1) is 0 Å². The lowest BCUT2D eigenvalue weighted by Crippen LogP contribution is -2.38. The maximum Gasteiger partial charge on any atom is 0.183 e. The fourth-order valence-corrected chi connectivity index (χ4v) is 7.03. The number of ether oxygens (including phenoxy) is 2. The summed E-state index contributed by atoms with van der Waals surface area (Å²) in [7, 11) is -3.61. The van der Waals surface area contributed by atoms with Gasteiger partial charge < -0.3 is 9.47 Å². The third kappa shape index (κ3) is 4.92. The van der Waals surface area contributed by atoms with Crippen molar-refractivity contribution < 1.29 is 17.9 Å². The Morgan fingerprint density at radius 1 is 0.794 bits per heavy atom. The molecule has 0 N–H and O–H groups in total. The SMILES string of the molecule is CCCCOc1c2c(c(OCCCC)c3ccccc13)C[C@@H](S(=O)(=O)c1ccccc1)[C@H](Cl)C2. The Kier molecular flexibility index (Phi) is 8.05. The molecule has 34 heavy (non-hydrogen) atoms. The smallest absolute Gasteiger partial charge is 0.183 e. The molecule has 0 spiro atoms. The number of unbranched alkanes of at least 4 members (excludes halogenated alkanes) is 2. The van der Waals surface area contributed by atoms with Gasteiger partial charge in [0.05, 0.1) is 28.7 Å². The Labute approximate surface area is 208 Å². The molecule has 0 unspecified atom stereocenters. The maximum absolute atomic E-state index is 13.6. The van der Waals surface area contributed by atoms with Crippen molar-refractivity contribution >= 4 is 32.2 Å². The molecular weight excluding hydrogens is 468 g/mol. The molecule has 2 atom stereocenters. The third-order valence-corrected chi connectivity index (χ3v) is 9.32. The molecule has 0 amide bonds. The van der Waals surface area contributed by atoms with Gasteiger partial charge >= 0.3 is 0 Å². The number of benzene rings is 3. The van der Waals surface area contributed by atoms with Gasteiger partial charge in [0.25, 0.3) is 0 Å². The standard InChI is InChI=1S/C28H33ClO4S/c1-3-5-16-32-27-21-14-10-11-15-22(21)28(33-17-6-4-2)24-19-26(25(29)18-23(24)27)34(30,31)20-12-8-7-9-13-20/h7-15,25-26H,3-6,16-19H2,1-2H3/t25-,26-/m1/s1. The zero-order valence-corrected chi connectivity index (χ0v) is 21.5. The molecule has 0 saturated heterocycles. The quantitative estimate of drug-likeness (QED) is 0.228. The summed E-state index contributed by atoms with van der Waals surface area (Å²) in [6.07, 6.45) is 4.66. The van der Waals surface area contributed by atoms with E-state index >= 15 is 0 Å². The van der Waals surface area contributed by atoms with E-state index in [0.717, 1.165) is 59.1 Å². The monoisotopic (exact) mass is 500 g/mol. The molecule has 3 aromatic rings. The first-order valence-corrected chi connectivity index (χ1v) is 14.2. The number of alkyl halides is 1. The van der Waals surface area contributed by atoms with Gasteiger partial charge in [0.15, 0.2) is 9.84 Å². The predicted octanol–water partition coefficient (Wildman–Crippen LogP) is 6.75. The summed E-state index contributed by atoms with van der Waals surface area (Å²) in [4.78, 5) is 0.308. The van der Waals surface area contributed by atoms with Gasteiger partial charge in [0, 0.05) is 21.9 Å². The fourth-order valence-electron chi connectivity index (χ4n) is 4.62. The van der Waals surface area contributed by atoms with E-state index in [1.54, 1.807) is 24.3 Å². The van der Waals surface area contributed by atoms with Crippen molar-refractivity contribution in [2.75, 3.05) is 13.2 Å². The zero-order chi connectivity index (χ0) is 24.1. The van der Waals surface area contributed by atoms with Crippen LogP contribution in [0.15, 0.2) is 59.5 Å². The molecule has 0 saturated carbocycles. The molecule has 4 nitrogen and oxygen atoms in total. The molecule has 0 fully saturated rings. The summed E-state index contributed by atoms with van der Waals surface area (Å²) in [5, 5.41) is 0.669. The molecule has 0 heterocycles. The van der Waals surface area contributed by atoms with Crippen molar-refractivity contribution in [3.63, 3.8) is 0 Å². The van der Waals surface area contributed by atoms with Gasteiger partial charge in [-0.2, -0.15) is 0 Å². The molecule has 1 aliphatic carbocycles. The summed E-state index contributed by atoms with van der Waals surface area (Å²) in [6.45, 7) is 5.46. The summed E-state index contributed by atoms with van der Waals surface area (Å²) in [5.74, 6) is 1.60. The molecule has 182 valence electrons. The van der Waals surface area contributed by atoms with Crippen LogP contribution in [0.3, 0.4) is 0 Å². The molecule has 0 radical (unpaired) electrons. The summed E-state index contributed by atoms with van der Waals surface area (Å²) >= 11 is 6.83. The Balaban J connectivity index is 1.86. The second kappa shape index (κ2) is 11.0. The van der Waals surface area contributed by atoms with Gasteiger partial charge in [0.1, 0.15) is 11.5 Å². The van der Waals surface area contributed by atoms with Crippen molar-refractivity contribution in [3.05, 3.63) is 65.7 Å². The van der Waals surface area contributed by atoms with Crippen LogP contribution in [0.4, 0.5) is 0 Å². The van der Waals surface area contributed by atoms with Gasteiger partial charge in [-0.25, -0.2) is 8.42 Å². The van der Waals surface area contributed by atoms with Crippen molar-refractivity contribution in [2.45, 2.75) is 67.9 Å². The van der Waals surface area contributed by atoms with Gasteiger partial charge in [-0.1, -0.05) is 69.2 Å². The van der Waals surface area contributed by atoms with Gasteiger partial charge in [-0.05, 0) is 37.8 Å². The fraction of sp³-hybridized carbons (Fsp3) is 0.429. The van der Waals surface area contributed by atoms with Crippen LogP contribution in [0.5, 0.6) is 11.5 Å². The second-order valence-electron chi connectivity index (χ2n) is 8.89. The molecule has 4 rings (SSSR count).